The van der Waals surface area contributed by atoms with Crippen molar-refractivity contribution in [1.29, 1.82) is 0 Å². The van der Waals surface area contributed by atoms with E-state index in [2.05, 4.69) is 10.6 Å². The molecule has 2 heterocycles. The lowest BCUT2D eigenvalue weighted by molar-refractivity contribution is -0.123. The molecule has 2 atom stereocenters. The SMILES string of the molecule is CC(NC(=O)[C@H]1CCCN1)c1ccc2c(c1)OCCO2. The minimum absolute atomic E-state index is 0.0410. The molecule has 2 N–H and O–H groups in total. The maximum Gasteiger partial charge on any atom is 0.237 e. The van der Waals surface area contributed by atoms with Crippen molar-refractivity contribution in [3.63, 3.8) is 0 Å². The molecule has 1 saturated heterocycles. The van der Waals surface area contributed by atoms with Crippen molar-refractivity contribution >= 4 is 5.91 Å². The average molecular weight is 276 g/mol. The summed E-state index contributed by atoms with van der Waals surface area (Å²) in [4.78, 5) is 12.1. The fraction of sp³-hybridized carbons (Fsp3) is 0.533. The van der Waals surface area contributed by atoms with Gasteiger partial charge in [0.15, 0.2) is 11.5 Å². The Bertz CT molecular complexity index is 498. The zero-order valence-corrected chi connectivity index (χ0v) is 11.6. The van der Waals surface area contributed by atoms with E-state index >= 15 is 0 Å². The van der Waals surface area contributed by atoms with Gasteiger partial charge in [0.1, 0.15) is 13.2 Å². The van der Waals surface area contributed by atoms with Crippen LogP contribution in [0.15, 0.2) is 18.2 Å². The first-order chi connectivity index (χ1) is 9.74. The number of rotatable bonds is 3. The Hall–Kier alpha value is -1.75. The molecule has 0 aromatic heterocycles. The molecule has 0 bridgehead atoms. The van der Waals surface area contributed by atoms with E-state index in [-0.39, 0.29) is 18.0 Å². The van der Waals surface area contributed by atoms with Crippen LogP contribution in [0.1, 0.15) is 31.4 Å². The fourth-order valence-corrected chi connectivity index (χ4v) is 2.63. The summed E-state index contributed by atoms with van der Waals surface area (Å²) in [6, 6.07) is 5.73. The number of ether oxygens (including phenoxy) is 2. The minimum atomic E-state index is -0.0466. The molecule has 0 radical (unpaired) electrons. The zero-order valence-electron chi connectivity index (χ0n) is 11.6. The highest BCUT2D eigenvalue weighted by Gasteiger charge is 2.23. The predicted molar refractivity (Wildman–Crippen MR) is 75.0 cm³/mol. The molecule has 0 saturated carbocycles. The summed E-state index contributed by atoms with van der Waals surface area (Å²) in [7, 11) is 0. The molecule has 1 aromatic carbocycles. The summed E-state index contributed by atoms with van der Waals surface area (Å²) < 4.78 is 11.1. The number of hydrogen-bond donors (Lipinski definition) is 2. The highest BCUT2D eigenvalue weighted by molar-refractivity contribution is 5.82. The van der Waals surface area contributed by atoms with Crippen molar-refractivity contribution in [1.82, 2.24) is 10.6 Å². The third-order valence-electron chi connectivity index (χ3n) is 3.80. The largest absolute Gasteiger partial charge is 0.486 e. The summed E-state index contributed by atoms with van der Waals surface area (Å²) in [6.45, 7) is 4.07. The van der Waals surface area contributed by atoms with Crippen LogP contribution in [-0.2, 0) is 4.79 Å². The van der Waals surface area contributed by atoms with Crippen LogP contribution in [0.3, 0.4) is 0 Å². The second-order valence-corrected chi connectivity index (χ2v) is 5.28. The lowest BCUT2D eigenvalue weighted by atomic mass is 10.1. The topological polar surface area (TPSA) is 59.6 Å². The number of amides is 1. The van der Waals surface area contributed by atoms with Crippen LogP contribution in [0, 0.1) is 0 Å². The third kappa shape index (κ3) is 2.72. The van der Waals surface area contributed by atoms with Gasteiger partial charge in [0, 0.05) is 0 Å². The molecule has 5 heteroatoms. The van der Waals surface area contributed by atoms with Crippen molar-refractivity contribution in [2.75, 3.05) is 19.8 Å². The van der Waals surface area contributed by atoms with Crippen molar-refractivity contribution < 1.29 is 14.3 Å². The molecule has 2 aliphatic rings. The lowest BCUT2D eigenvalue weighted by Gasteiger charge is -2.22. The molecule has 0 aliphatic carbocycles. The number of fused-ring (bicyclic) bond motifs is 1. The number of carbonyl (C=O) groups is 1. The Balaban J connectivity index is 1.67. The van der Waals surface area contributed by atoms with Crippen molar-refractivity contribution in [2.45, 2.75) is 31.8 Å². The van der Waals surface area contributed by atoms with Gasteiger partial charge in [-0.1, -0.05) is 6.07 Å². The molecule has 2 aliphatic heterocycles. The molecular weight excluding hydrogens is 256 g/mol. The van der Waals surface area contributed by atoms with E-state index in [1.807, 2.05) is 25.1 Å². The number of carbonyl (C=O) groups excluding carboxylic acids is 1. The van der Waals surface area contributed by atoms with Gasteiger partial charge in [-0.3, -0.25) is 4.79 Å². The Morgan fingerprint density at radius 3 is 2.90 bits per heavy atom. The molecule has 3 rings (SSSR count). The first-order valence-corrected chi connectivity index (χ1v) is 7.17. The van der Waals surface area contributed by atoms with E-state index in [1.165, 1.54) is 0 Å². The number of benzene rings is 1. The molecule has 20 heavy (non-hydrogen) atoms. The quantitative estimate of drug-likeness (QED) is 0.876. The van der Waals surface area contributed by atoms with Crippen LogP contribution in [0.2, 0.25) is 0 Å². The molecule has 0 spiro atoms. The summed E-state index contributed by atoms with van der Waals surface area (Å²) in [5.41, 5.74) is 1.03. The predicted octanol–water partition coefficient (Wildman–Crippen LogP) is 1.39. The van der Waals surface area contributed by atoms with Crippen LogP contribution in [0.25, 0.3) is 0 Å². The van der Waals surface area contributed by atoms with Gasteiger partial charge in [-0.05, 0) is 44.0 Å². The van der Waals surface area contributed by atoms with Gasteiger partial charge in [0.2, 0.25) is 5.91 Å². The Kier molecular flexibility index (Phi) is 3.78. The van der Waals surface area contributed by atoms with Crippen molar-refractivity contribution in [2.24, 2.45) is 0 Å². The molecular formula is C15H20N2O3. The van der Waals surface area contributed by atoms with Gasteiger partial charge < -0.3 is 20.1 Å². The zero-order chi connectivity index (χ0) is 13.9. The van der Waals surface area contributed by atoms with Crippen LogP contribution in [0.4, 0.5) is 0 Å². The Labute approximate surface area is 118 Å². The first kappa shape index (κ1) is 13.2. The molecule has 5 nitrogen and oxygen atoms in total. The summed E-state index contributed by atoms with van der Waals surface area (Å²) in [5, 5.41) is 6.25. The summed E-state index contributed by atoms with van der Waals surface area (Å²) in [6.07, 6.45) is 1.98. The van der Waals surface area contributed by atoms with Crippen LogP contribution >= 0.6 is 0 Å². The molecule has 1 aromatic rings. The maximum absolute atomic E-state index is 12.1. The van der Waals surface area contributed by atoms with Crippen molar-refractivity contribution in [3.05, 3.63) is 23.8 Å². The van der Waals surface area contributed by atoms with Gasteiger partial charge in [-0.25, -0.2) is 0 Å². The maximum atomic E-state index is 12.1. The van der Waals surface area contributed by atoms with Crippen LogP contribution < -0.4 is 20.1 Å². The summed E-state index contributed by atoms with van der Waals surface area (Å²) in [5.74, 6) is 1.61. The van der Waals surface area contributed by atoms with E-state index in [9.17, 15) is 4.79 Å². The summed E-state index contributed by atoms with van der Waals surface area (Å²) >= 11 is 0. The normalized spacial score (nSPS) is 22.4. The van der Waals surface area contributed by atoms with E-state index in [0.717, 1.165) is 36.4 Å². The standard InChI is InChI=1S/C15H20N2O3/c1-10(17-15(18)12-3-2-6-16-12)11-4-5-13-14(9-11)20-8-7-19-13/h4-5,9-10,12,16H,2-3,6-8H2,1H3,(H,17,18)/t10?,12-/m1/s1. The van der Waals surface area contributed by atoms with Crippen LogP contribution in [0.5, 0.6) is 11.5 Å². The molecule has 1 amide bonds. The van der Waals surface area contributed by atoms with E-state index in [1.54, 1.807) is 0 Å². The Morgan fingerprint density at radius 2 is 2.15 bits per heavy atom. The van der Waals surface area contributed by atoms with E-state index in [4.69, 9.17) is 9.47 Å². The van der Waals surface area contributed by atoms with Gasteiger partial charge in [-0.15, -0.1) is 0 Å². The van der Waals surface area contributed by atoms with Gasteiger partial charge in [0.05, 0.1) is 12.1 Å². The highest BCUT2D eigenvalue weighted by atomic mass is 16.6. The second kappa shape index (κ2) is 5.71. The van der Waals surface area contributed by atoms with Gasteiger partial charge in [-0.2, -0.15) is 0 Å². The molecule has 1 unspecified atom stereocenters. The fourth-order valence-electron chi connectivity index (χ4n) is 2.63. The monoisotopic (exact) mass is 276 g/mol. The average Bonchev–Trinajstić information content (AvgIpc) is 3.01. The smallest absolute Gasteiger partial charge is 0.237 e. The Morgan fingerprint density at radius 1 is 1.35 bits per heavy atom. The first-order valence-electron chi connectivity index (χ1n) is 7.17. The lowest BCUT2D eigenvalue weighted by Crippen LogP contribution is -2.41. The van der Waals surface area contributed by atoms with Crippen LogP contribution in [-0.4, -0.2) is 31.7 Å². The molecule has 108 valence electrons. The van der Waals surface area contributed by atoms with E-state index in [0.29, 0.717) is 13.2 Å². The minimum Gasteiger partial charge on any atom is -0.486 e. The van der Waals surface area contributed by atoms with E-state index < -0.39 is 0 Å². The van der Waals surface area contributed by atoms with Gasteiger partial charge >= 0.3 is 0 Å². The number of nitrogens with one attached hydrogen (secondary N) is 2. The number of hydrogen-bond acceptors (Lipinski definition) is 4. The third-order valence-corrected chi connectivity index (χ3v) is 3.80. The van der Waals surface area contributed by atoms with Crippen molar-refractivity contribution in [3.8, 4) is 11.5 Å². The molecule has 1 fully saturated rings. The second-order valence-electron chi connectivity index (χ2n) is 5.28. The highest BCUT2D eigenvalue weighted by Crippen LogP contribution is 2.32. The van der Waals surface area contributed by atoms with Gasteiger partial charge in [0.25, 0.3) is 0 Å².